The molecule has 1 aliphatic heterocycles. The van der Waals surface area contributed by atoms with Gasteiger partial charge >= 0.3 is 5.00 Å². The van der Waals surface area contributed by atoms with E-state index in [1.54, 1.807) is 0 Å². The van der Waals surface area contributed by atoms with Crippen LogP contribution in [0.3, 0.4) is 0 Å². The normalized spacial score (nSPS) is 20.7. The first kappa shape index (κ1) is 13.6. The van der Waals surface area contributed by atoms with Crippen LogP contribution >= 0.6 is 23.1 Å². The third kappa shape index (κ3) is 3.35. The number of hydrogen-bond acceptors (Lipinski definition) is 6. The Bertz CT molecular complexity index is 411. The molecule has 7 heteroatoms. The number of aromatic nitrogens is 1. The van der Waals surface area contributed by atoms with E-state index in [4.69, 9.17) is 0 Å². The zero-order valence-electron chi connectivity index (χ0n) is 10.4. The van der Waals surface area contributed by atoms with Gasteiger partial charge in [-0.3, -0.25) is 10.1 Å². The fourth-order valence-electron chi connectivity index (χ4n) is 2.14. The lowest BCUT2D eigenvalue weighted by Crippen LogP contribution is -2.29. The Morgan fingerprint density at radius 2 is 2.50 bits per heavy atom. The highest BCUT2D eigenvalue weighted by Crippen LogP contribution is 2.31. The van der Waals surface area contributed by atoms with E-state index in [-0.39, 0.29) is 9.92 Å². The van der Waals surface area contributed by atoms with Crippen molar-refractivity contribution in [1.82, 2.24) is 4.98 Å². The Morgan fingerprint density at radius 3 is 3.17 bits per heavy atom. The average molecular weight is 287 g/mol. The number of thiazole rings is 1. The first-order chi connectivity index (χ1) is 8.70. The maximum atomic E-state index is 10.7. The maximum absolute atomic E-state index is 10.7. The van der Waals surface area contributed by atoms with Crippen LogP contribution in [-0.4, -0.2) is 34.0 Å². The van der Waals surface area contributed by atoms with Gasteiger partial charge in [-0.05, 0) is 29.9 Å². The van der Waals surface area contributed by atoms with Gasteiger partial charge in [0.2, 0.25) is 0 Å². The molecule has 0 saturated carbocycles. The first-order valence-corrected chi connectivity index (χ1v) is 8.04. The van der Waals surface area contributed by atoms with Crippen LogP contribution in [0.2, 0.25) is 0 Å². The van der Waals surface area contributed by atoms with E-state index in [0.717, 1.165) is 30.4 Å². The Morgan fingerprint density at radius 1 is 1.67 bits per heavy atom. The van der Waals surface area contributed by atoms with Gasteiger partial charge in [0, 0.05) is 18.3 Å². The number of rotatable bonds is 4. The summed E-state index contributed by atoms with van der Waals surface area (Å²) in [4.78, 5) is 16.7. The maximum Gasteiger partial charge on any atom is 0.345 e. The van der Waals surface area contributed by atoms with Crippen LogP contribution in [0.15, 0.2) is 6.20 Å². The molecule has 2 rings (SSSR count). The summed E-state index contributed by atoms with van der Waals surface area (Å²) in [6.07, 6.45) is 4.99. The van der Waals surface area contributed by atoms with Gasteiger partial charge in [0.25, 0.3) is 0 Å². The first-order valence-electron chi connectivity index (χ1n) is 6.17. The molecule has 5 nitrogen and oxygen atoms in total. The molecule has 1 atom stereocenters. The molecule has 1 saturated heterocycles. The molecule has 100 valence electrons. The zero-order valence-corrected chi connectivity index (χ0v) is 12.0. The summed E-state index contributed by atoms with van der Waals surface area (Å²) < 4.78 is 0. The standard InChI is InChI=1S/C11H17N3O2S2/c1-2-17-9-5-3-4-6-13(8-9)11-12-7-10(18-11)14(15)16/h7,9H,2-6,8H2,1H3/t9-/m1/s1. The van der Waals surface area contributed by atoms with Gasteiger partial charge in [-0.1, -0.05) is 13.3 Å². The molecule has 1 aromatic heterocycles. The Kier molecular flexibility index (Phi) is 4.82. The van der Waals surface area contributed by atoms with Gasteiger partial charge in [0.05, 0.1) is 4.92 Å². The molecule has 0 unspecified atom stereocenters. The van der Waals surface area contributed by atoms with Gasteiger partial charge in [0.15, 0.2) is 5.13 Å². The van der Waals surface area contributed by atoms with Gasteiger partial charge in [-0.2, -0.15) is 11.8 Å². The Hall–Kier alpha value is -0.820. The molecule has 1 aromatic rings. The lowest BCUT2D eigenvalue weighted by Gasteiger charge is -2.22. The van der Waals surface area contributed by atoms with Crippen molar-refractivity contribution in [1.29, 1.82) is 0 Å². The summed E-state index contributed by atoms with van der Waals surface area (Å²) in [5, 5.41) is 12.2. The highest BCUT2D eigenvalue weighted by Gasteiger charge is 2.22. The summed E-state index contributed by atoms with van der Waals surface area (Å²) in [5.74, 6) is 1.12. The second-order valence-corrected chi connectivity index (χ2v) is 6.82. The van der Waals surface area contributed by atoms with E-state index in [1.165, 1.54) is 30.4 Å². The van der Waals surface area contributed by atoms with Crippen molar-refractivity contribution in [3.63, 3.8) is 0 Å². The zero-order chi connectivity index (χ0) is 13.0. The lowest BCUT2D eigenvalue weighted by atomic mass is 10.2. The SMILES string of the molecule is CCS[C@@H]1CCCCN(c2ncc([N+](=O)[O-])s2)C1. The predicted octanol–water partition coefficient (Wildman–Crippen LogP) is 3.16. The van der Waals surface area contributed by atoms with Crippen molar-refractivity contribution >= 4 is 33.2 Å². The molecule has 18 heavy (non-hydrogen) atoms. The molecule has 0 bridgehead atoms. The molecule has 1 fully saturated rings. The third-order valence-electron chi connectivity index (χ3n) is 2.96. The van der Waals surface area contributed by atoms with Crippen LogP contribution in [0.5, 0.6) is 0 Å². The summed E-state index contributed by atoms with van der Waals surface area (Å²) >= 11 is 3.16. The number of hydrogen-bond donors (Lipinski definition) is 0. The number of nitrogens with zero attached hydrogens (tertiary/aromatic N) is 3. The summed E-state index contributed by atoms with van der Waals surface area (Å²) in [5.41, 5.74) is 0. The molecule has 0 N–H and O–H groups in total. The second-order valence-electron chi connectivity index (χ2n) is 4.26. The lowest BCUT2D eigenvalue weighted by molar-refractivity contribution is -0.380. The topological polar surface area (TPSA) is 59.3 Å². The molecular formula is C11H17N3O2S2. The summed E-state index contributed by atoms with van der Waals surface area (Å²) in [6.45, 7) is 4.10. The van der Waals surface area contributed by atoms with Crippen molar-refractivity contribution in [2.75, 3.05) is 23.7 Å². The molecule has 1 aliphatic rings. The van der Waals surface area contributed by atoms with Crippen molar-refractivity contribution in [2.45, 2.75) is 31.4 Å². The van der Waals surface area contributed by atoms with E-state index in [0.29, 0.717) is 5.25 Å². The second kappa shape index (κ2) is 6.38. The van der Waals surface area contributed by atoms with Crippen molar-refractivity contribution in [3.8, 4) is 0 Å². The quantitative estimate of drug-likeness (QED) is 0.629. The van der Waals surface area contributed by atoms with Crippen molar-refractivity contribution in [2.24, 2.45) is 0 Å². The fraction of sp³-hybridized carbons (Fsp3) is 0.727. The van der Waals surface area contributed by atoms with E-state index in [1.807, 2.05) is 11.8 Å². The molecule has 0 aromatic carbocycles. The number of anilines is 1. The van der Waals surface area contributed by atoms with Crippen LogP contribution in [-0.2, 0) is 0 Å². The smallest absolute Gasteiger partial charge is 0.345 e. The molecule has 0 aliphatic carbocycles. The van der Waals surface area contributed by atoms with E-state index in [2.05, 4.69) is 16.8 Å². The predicted molar refractivity (Wildman–Crippen MR) is 76.8 cm³/mol. The average Bonchev–Trinajstić information content (AvgIpc) is 2.72. The van der Waals surface area contributed by atoms with Gasteiger partial charge in [0.1, 0.15) is 6.20 Å². The molecule has 2 heterocycles. The van der Waals surface area contributed by atoms with E-state index >= 15 is 0 Å². The minimum Gasteiger partial charge on any atom is -0.347 e. The summed E-state index contributed by atoms with van der Waals surface area (Å²) in [6, 6.07) is 0. The molecule has 0 amide bonds. The molecular weight excluding hydrogens is 270 g/mol. The van der Waals surface area contributed by atoms with E-state index in [9.17, 15) is 10.1 Å². The van der Waals surface area contributed by atoms with E-state index < -0.39 is 0 Å². The third-order valence-corrected chi connectivity index (χ3v) is 5.16. The monoisotopic (exact) mass is 287 g/mol. The highest BCUT2D eigenvalue weighted by atomic mass is 32.2. The van der Waals surface area contributed by atoms with Crippen LogP contribution in [0.4, 0.5) is 10.1 Å². The minimum atomic E-state index is -0.364. The van der Waals surface area contributed by atoms with Crippen LogP contribution in [0.1, 0.15) is 26.2 Å². The van der Waals surface area contributed by atoms with Gasteiger partial charge in [-0.25, -0.2) is 4.98 Å². The molecule has 0 radical (unpaired) electrons. The van der Waals surface area contributed by atoms with Gasteiger partial charge < -0.3 is 4.90 Å². The number of thioether (sulfide) groups is 1. The Balaban J connectivity index is 2.07. The largest absolute Gasteiger partial charge is 0.347 e. The highest BCUT2D eigenvalue weighted by molar-refractivity contribution is 7.99. The van der Waals surface area contributed by atoms with Crippen LogP contribution in [0.25, 0.3) is 0 Å². The molecule has 0 spiro atoms. The minimum absolute atomic E-state index is 0.133. The van der Waals surface area contributed by atoms with Crippen LogP contribution < -0.4 is 4.90 Å². The number of nitro groups is 1. The Labute approximate surface area is 115 Å². The van der Waals surface area contributed by atoms with Crippen molar-refractivity contribution < 1.29 is 4.92 Å². The van der Waals surface area contributed by atoms with Gasteiger partial charge in [-0.15, -0.1) is 0 Å². The van der Waals surface area contributed by atoms with Crippen molar-refractivity contribution in [3.05, 3.63) is 16.3 Å². The van der Waals surface area contributed by atoms with Crippen LogP contribution in [0, 0.1) is 10.1 Å². The fourth-order valence-corrected chi connectivity index (χ4v) is 3.99. The summed E-state index contributed by atoms with van der Waals surface area (Å²) in [7, 11) is 0.